The Kier molecular flexibility index (Phi) is 5.66. The number of phenols is 2. The molecule has 0 aliphatic carbocycles. The fourth-order valence-corrected chi connectivity index (χ4v) is 3.53. The summed E-state index contributed by atoms with van der Waals surface area (Å²) in [5, 5.41) is 36.6. The molecule has 1 aromatic heterocycles. The van der Waals surface area contributed by atoms with E-state index in [-0.39, 0.29) is 34.0 Å². The average Bonchev–Trinajstić information content (AvgIpc) is 3.20. The van der Waals surface area contributed by atoms with Gasteiger partial charge >= 0.3 is 5.69 Å². The van der Waals surface area contributed by atoms with Gasteiger partial charge in [-0.25, -0.2) is 14.5 Å². The van der Waals surface area contributed by atoms with E-state index in [1.807, 2.05) is 36.4 Å². The molecule has 1 heterocycles. The smallest absolute Gasteiger partial charge is 0.348 e. The van der Waals surface area contributed by atoms with Crippen molar-refractivity contribution in [1.29, 1.82) is 5.26 Å². The van der Waals surface area contributed by atoms with Crippen LogP contribution in [0.1, 0.15) is 21.5 Å². The molecule has 0 atom stereocenters. The van der Waals surface area contributed by atoms with E-state index in [1.54, 1.807) is 31.3 Å². The number of aromatic nitrogens is 3. The molecule has 3 aromatic carbocycles. The lowest BCUT2D eigenvalue weighted by molar-refractivity contribution is 0.0782. The van der Waals surface area contributed by atoms with Gasteiger partial charge in [0.15, 0.2) is 5.82 Å². The van der Waals surface area contributed by atoms with Crippen LogP contribution in [-0.4, -0.2) is 42.8 Å². The first kappa shape index (κ1) is 21.4. The summed E-state index contributed by atoms with van der Waals surface area (Å²) >= 11 is 0. The third-order valence-corrected chi connectivity index (χ3v) is 5.13. The van der Waals surface area contributed by atoms with Gasteiger partial charge < -0.3 is 15.1 Å². The number of para-hydroxylation sites is 1. The zero-order chi connectivity index (χ0) is 23.5. The van der Waals surface area contributed by atoms with Gasteiger partial charge in [-0.1, -0.05) is 42.5 Å². The van der Waals surface area contributed by atoms with Crippen molar-refractivity contribution >= 4 is 5.91 Å². The Labute approximate surface area is 188 Å². The predicted molar refractivity (Wildman–Crippen MR) is 120 cm³/mol. The summed E-state index contributed by atoms with van der Waals surface area (Å²) in [6, 6.07) is 20.1. The number of amides is 1. The van der Waals surface area contributed by atoms with Crippen LogP contribution in [-0.2, 0) is 6.54 Å². The van der Waals surface area contributed by atoms with Gasteiger partial charge in [-0.15, -0.1) is 0 Å². The van der Waals surface area contributed by atoms with Crippen LogP contribution >= 0.6 is 0 Å². The van der Waals surface area contributed by atoms with Gasteiger partial charge in [0.25, 0.3) is 5.91 Å². The van der Waals surface area contributed by atoms with E-state index in [0.717, 1.165) is 16.2 Å². The molecule has 0 spiro atoms. The molecular formula is C24H19N5O4. The number of aromatic hydroxyl groups is 2. The van der Waals surface area contributed by atoms with E-state index in [4.69, 9.17) is 0 Å². The van der Waals surface area contributed by atoms with Gasteiger partial charge in [0.1, 0.15) is 17.6 Å². The maximum absolute atomic E-state index is 13.1. The fraction of sp³-hybridized carbons (Fsp3) is 0.0833. The number of rotatable bonds is 5. The second-order valence-electron chi connectivity index (χ2n) is 7.35. The summed E-state index contributed by atoms with van der Waals surface area (Å²) < 4.78 is 1.13. The number of carbonyl (C=O) groups is 1. The van der Waals surface area contributed by atoms with Gasteiger partial charge in [-0.05, 0) is 23.8 Å². The molecular weight excluding hydrogens is 422 g/mol. The zero-order valence-corrected chi connectivity index (χ0v) is 17.6. The van der Waals surface area contributed by atoms with Gasteiger partial charge in [0.05, 0.1) is 22.4 Å². The van der Waals surface area contributed by atoms with Gasteiger partial charge in [0, 0.05) is 19.7 Å². The van der Waals surface area contributed by atoms with Crippen LogP contribution < -0.4 is 5.69 Å². The van der Waals surface area contributed by atoms with Crippen LogP contribution in [0.15, 0.2) is 71.5 Å². The summed E-state index contributed by atoms with van der Waals surface area (Å²) in [4.78, 5) is 27.0. The summed E-state index contributed by atoms with van der Waals surface area (Å²) in [6.45, 7) is 0.304. The summed E-state index contributed by atoms with van der Waals surface area (Å²) in [7, 11) is 1.59. The minimum atomic E-state index is -0.630. The van der Waals surface area contributed by atoms with Crippen molar-refractivity contribution in [3.63, 3.8) is 0 Å². The van der Waals surface area contributed by atoms with E-state index in [0.29, 0.717) is 6.54 Å². The molecule has 3 N–H and O–H groups in total. The molecule has 0 aliphatic rings. The molecule has 1 amide bonds. The molecule has 0 aliphatic heterocycles. The Balaban J connectivity index is 1.79. The van der Waals surface area contributed by atoms with Crippen LogP contribution in [0, 0.1) is 11.3 Å². The predicted octanol–water partition coefficient (Wildman–Crippen LogP) is 2.78. The van der Waals surface area contributed by atoms with E-state index < -0.39 is 17.3 Å². The summed E-state index contributed by atoms with van der Waals surface area (Å²) in [5.41, 5.74) is 0.720. The van der Waals surface area contributed by atoms with E-state index >= 15 is 0 Å². The first-order valence-corrected chi connectivity index (χ1v) is 9.93. The lowest BCUT2D eigenvalue weighted by atomic mass is 10.1. The summed E-state index contributed by atoms with van der Waals surface area (Å²) in [6.07, 6.45) is 0. The third kappa shape index (κ3) is 4.05. The summed E-state index contributed by atoms with van der Waals surface area (Å²) in [5.74, 6) is -1.30. The first-order valence-electron chi connectivity index (χ1n) is 9.93. The first-order chi connectivity index (χ1) is 15.9. The van der Waals surface area contributed by atoms with Crippen molar-refractivity contribution in [3.8, 4) is 34.6 Å². The number of carbonyl (C=O) groups excluding carboxylic acids is 1. The van der Waals surface area contributed by atoms with Crippen molar-refractivity contribution in [2.24, 2.45) is 0 Å². The number of aromatic amines is 1. The Morgan fingerprint density at radius 2 is 1.79 bits per heavy atom. The molecule has 0 saturated carbocycles. The molecule has 33 heavy (non-hydrogen) atoms. The lowest BCUT2D eigenvalue weighted by Crippen LogP contribution is -2.26. The van der Waals surface area contributed by atoms with Gasteiger partial charge in [-0.2, -0.15) is 10.4 Å². The normalized spacial score (nSPS) is 10.5. The Bertz CT molecular complexity index is 1430. The van der Waals surface area contributed by atoms with Crippen LogP contribution in [0.2, 0.25) is 0 Å². The highest BCUT2D eigenvalue weighted by Crippen LogP contribution is 2.35. The fourth-order valence-electron chi connectivity index (χ4n) is 3.53. The van der Waals surface area contributed by atoms with E-state index in [1.165, 1.54) is 11.0 Å². The lowest BCUT2D eigenvalue weighted by Gasteiger charge is -2.19. The van der Waals surface area contributed by atoms with Crippen LogP contribution in [0.4, 0.5) is 0 Å². The monoisotopic (exact) mass is 441 g/mol. The Morgan fingerprint density at radius 3 is 2.52 bits per heavy atom. The minimum absolute atomic E-state index is 0.0139. The highest BCUT2D eigenvalue weighted by Gasteiger charge is 2.23. The third-order valence-electron chi connectivity index (χ3n) is 5.13. The second kappa shape index (κ2) is 8.72. The van der Waals surface area contributed by atoms with E-state index in [2.05, 4.69) is 10.2 Å². The van der Waals surface area contributed by atoms with Crippen molar-refractivity contribution in [2.75, 3.05) is 7.05 Å². The Hall–Kier alpha value is -4.84. The second-order valence-corrected chi connectivity index (χ2v) is 7.35. The van der Waals surface area contributed by atoms with Gasteiger partial charge in [-0.3, -0.25) is 4.79 Å². The number of nitrogens with zero attached hydrogens (tertiary/aromatic N) is 4. The van der Waals surface area contributed by atoms with Crippen LogP contribution in [0.3, 0.4) is 0 Å². The topological polar surface area (TPSA) is 135 Å². The molecule has 0 fully saturated rings. The highest BCUT2D eigenvalue weighted by atomic mass is 16.3. The molecule has 4 aromatic rings. The largest absolute Gasteiger partial charge is 0.507 e. The molecule has 0 bridgehead atoms. The maximum Gasteiger partial charge on any atom is 0.348 e. The minimum Gasteiger partial charge on any atom is -0.507 e. The molecule has 0 radical (unpaired) electrons. The number of H-pyrrole nitrogens is 1. The number of phenolic OH excluding ortho intramolecular Hbond substituents is 2. The molecule has 4 rings (SSSR count). The zero-order valence-electron chi connectivity index (χ0n) is 17.6. The Morgan fingerprint density at radius 1 is 1.09 bits per heavy atom. The molecule has 9 nitrogen and oxygen atoms in total. The number of hydrogen-bond donors (Lipinski definition) is 3. The average molecular weight is 441 g/mol. The molecule has 164 valence electrons. The SMILES string of the molecule is CN(Cc1ccccc1)C(=O)c1cc(-c2n[nH]c(=O)n2-c2ccccc2C#N)c(O)cc1O. The molecule has 0 unspecified atom stereocenters. The van der Waals surface area contributed by atoms with Crippen molar-refractivity contribution in [2.45, 2.75) is 6.54 Å². The molecule has 9 heteroatoms. The number of nitriles is 1. The molecule has 0 saturated heterocycles. The van der Waals surface area contributed by atoms with Crippen molar-refractivity contribution < 1.29 is 15.0 Å². The van der Waals surface area contributed by atoms with E-state index in [9.17, 15) is 25.1 Å². The highest BCUT2D eigenvalue weighted by molar-refractivity contribution is 5.98. The quantitative estimate of drug-likeness (QED) is 0.436. The van der Waals surface area contributed by atoms with Gasteiger partial charge in [0.2, 0.25) is 0 Å². The van der Waals surface area contributed by atoms with Crippen molar-refractivity contribution in [3.05, 3.63) is 93.9 Å². The van der Waals surface area contributed by atoms with Crippen molar-refractivity contribution in [1.82, 2.24) is 19.7 Å². The maximum atomic E-state index is 13.1. The number of nitrogens with one attached hydrogen (secondary N) is 1. The van der Waals surface area contributed by atoms with Crippen LogP contribution in [0.5, 0.6) is 11.5 Å². The van der Waals surface area contributed by atoms with Crippen LogP contribution in [0.25, 0.3) is 17.1 Å². The number of benzene rings is 3. The standard InChI is InChI=1S/C24H19N5O4/c1-28(14-15-7-3-2-4-8-15)23(32)18-11-17(20(30)12-21(18)31)22-26-27-24(33)29(22)19-10-6-5-9-16(19)13-25/h2-12,30-31H,14H2,1H3,(H,27,33). The number of hydrogen-bond acceptors (Lipinski definition) is 6.